The summed E-state index contributed by atoms with van der Waals surface area (Å²) < 4.78 is 31.9. The molecule has 0 unspecified atom stereocenters. The molecule has 0 N–H and O–H groups in total. The third-order valence-electron chi connectivity index (χ3n) is 4.28. The van der Waals surface area contributed by atoms with Crippen molar-refractivity contribution in [3.63, 3.8) is 0 Å². The first-order chi connectivity index (χ1) is 14.1. The van der Waals surface area contributed by atoms with E-state index in [1.165, 1.54) is 28.4 Å². The number of carbonyl (C=O) groups excluding carboxylic acids is 1. The van der Waals surface area contributed by atoms with Crippen molar-refractivity contribution in [1.29, 1.82) is 0 Å². The van der Waals surface area contributed by atoms with Gasteiger partial charge in [0.25, 0.3) is 0 Å². The van der Waals surface area contributed by atoms with Gasteiger partial charge >= 0.3 is 5.97 Å². The Kier molecular flexibility index (Phi) is 5.92. The van der Waals surface area contributed by atoms with E-state index < -0.39 is 5.97 Å². The molecule has 1 heterocycles. The SMILES string of the molecule is COc1ccc(C2=NC(=Cc3ccc(OC)c(OC)c3OC)C(=O)O2)cc1OC. The van der Waals surface area contributed by atoms with Gasteiger partial charge in [-0.1, -0.05) is 0 Å². The number of carbonyl (C=O) groups is 1. The molecular weight excluding hydrogens is 378 g/mol. The van der Waals surface area contributed by atoms with E-state index in [0.717, 1.165) is 0 Å². The Morgan fingerprint density at radius 2 is 1.45 bits per heavy atom. The second-order valence-corrected chi connectivity index (χ2v) is 5.83. The quantitative estimate of drug-likeness (QED) is 0.522. The lowest BCUT2D eigenvalue weighted by atomic mass is 10.1. The van der Waals surface area contributed by atoms with Gasteiger partial charge < -0.3 is 28.4 Å². The number of nitrogens with zero attached hydrogens (tertiary/aromatic N) is 1. The smallest absolute Gasteiger partial charge is 0.363 e. The summed E-state index contributed by atoms with van der Waals surface area (Å²) in [5.74, 6) is 2.00. The van der Waals surface area contributed by atoms with Crippen LogP contribution in [0.15, 0.2) is 41.0 Å². The average Bonchev–Trinajstić information content (AvgIpc) is 3.12. The van der Waals surface area contributed by atoms with Gasteiger partial charge in [0.1, 0.15) is 0 Å². The molecule has 3 rings (SSSR count). The highest BCUT2D eigenvalue weighted by Gasteiger charge is 2.26. The molecule has 0 radical (unpaired) electrons. The highest BCUT2D eigenvalue weighted by atomic mass is 16.6. The molecule has 0 aliphatic carbocycles. The number of rotatable bonds is 7. The van der Waals surface area contributed by atoms with Crippen molar-refractivity contribution in [3.05, 3.63) is 47.2 Å². The minimum atomic E-state index is -0.577. The largest absolute Gasteiger partial charge is 0.493 e. The van der Waals surface area contributed by atoms with E-state index in [1.54, 1.807) is 43.5 Å². The molecule has 0 saturated carbocycles. The lowest BCUT2D eigenvalue weighted by Gasteiger charge is -2.14. The van der Waals surface area contributed by atoms with Crippen LogP contribution >= 0.6 is 0 Å². The fourth-order valence-electron chi connectivity index (χ4n) is 2.89. The summed E-state index contributed by atoms with van der Waals surface area (Å²) in [5, 5.41) is 0. The molecule has 1 aliphatic rings. The van der Waals surface area contributed by atoms with Crippen molar-refractivity contribution in [2.24, 2.45) is 4.99 Å². The molecule has 0 spiro atoms. The topological polar surface area (TPSA) is 84.8 Å². The number of hydrogen-bond donors (Lipinski definition) is 0. The van der Waals surface area contributed by atoms with E-state index in [-0.39, 0.29) is 11.6 Å². The van der Waals surface area contributed by atoms with Crippen LogP contribution in [0.25, 0.3) is 6.08 Å². The van der Waals surface area contributed by atoms with Crippen LogP contribution in [-0.2, 0) is 9.53 Å². The Labute approximate surface area is 168 Å². The second kappa shape index (κ2) is 8.55. The van der Waals surface area contributed by atoms with Crippen LogP contribution in [-0.4, -0.2) is 47.4 Å². The monoisotopic (exact) mass is 399 g/mol. The Morgan fingerprint density at radius 1 is 0.793 bits per heavy atom. The fraction of sp³-hybridized carbons (Fsp3) is 0.238. The molecule has 29 heavy (non-hydrogen) atoms. The average molecular weight is 399 g/mol. The predicted molar refractivity (Wildman–Crippen MR) is 106 cm³/mol. The lowest BCUT2D eigenvalue weighted by molar-refractivity contribution is -0.129. The maximum Gasteiger partial charge on any atom is 0.363 e. The van der Waals surface area contributed by atoms with Crippen molar-refractivity contribution < 1.29 is 33.2 Å². The van der Waals surface area contributed by atoms with Gasteiger partial charge in [0.2, 0.25) is 11.6 Å². The first kappa shape index (κ1) is 20.1. The van der Waals surface area contributed by atoms with Crippen molar-refractivity contribution in [3.8, 4) is 28.7 Å². The first-order valence-electron chi connectivity index (χ1n) is 8.60. The molecule has 2 aromatic rings. The molecule has 0 atom stereocenters. The zero-order valence-electron chi connectivity index (χ0n) is 16.8. The summed E-state index contributed by atoms with van der Waals surface area (Å²) in [4.78, 5) is 16.7. The minimum Gasteiger partial charge on any atom is -0.493 e. The molecule has 1 aliphatic heterocycles. The van der Waals surface area contributed by atoms with Gasteiger partial charge in [0.05, 0.1) is 35.5 Å². The Bertz CT molecular complexity index is 995. The first-order valence-corrected chi connectivity index (χ1v) is 8.60. The molecule has 8 nitrogen and oxygen atoms in total. The standard InChI is InChI=1S/C21H21NO7/c1-24-15-8-7-13(11-17(15)26-3)20-22-14(21(23)29-20)10-12-6-9-16(25-2)19(28-5)18(12)27-4/h6-11H,1-5H3. The Balaban J connectivity index is 2.01. The summed E-state index contributed by atoms with van der Waals surface area (Å²) >= 11 is 0. The van der Waals surface area contributed by atoms with E-state index in [4.69, 9.17) is 28.4 Å². The van der Waals surface area contributed by atoms with Crippen LogP contribution < -0.4 is 23.7 Å². The number of aliphatic imine (C=N–C) groups is 1. The van der Waals surface area contributed by atoms with E-state index in [2.05, 4.69) is 4.99 Å². The summed E-state index contributed by atoms with van der Waals surface area (Å²) in [6, 6.07) is 8.58. The number of hydrogen-bond acceptors (Lipinski definition) is 8. The maximum atomic E-state index is 12.4. The van der Waals surface area contributed by atoms with Gasteiger partial charge in [-0.05, 0) is 36.4 Å². The highest BCUT2D eigenvalue weighted by molar-refractivity contribution is 6.13. The summed E-state index contributed by atoms with van der Waals surface area (Å²) in [6.07, 6.45) is 1.57. The van der Waals surface area contributed by atoms with Crippen LogP contribution in [0.4, 0.5) is 0 Å². The van der Waals surface area contributed by atoms with Gasteiger partial charge in [-0.2, -0.15) is 0 Å². The molecule has 0 bridgehead atoms. The molecule has 152 valence electrons. The normalized spacial score (nSPS) is 14.3. The maximum absolute atomic E-state index is 12.4. The molecular formula is C21H21NO7. The fourth-order valence-corrected chi connectivity index (χ4v) is 2.89. The van der Waals surface area contributed by atoms with E-state index in [0.29, 0.717) is 39.9 Å². The van der Waals surface area contributed by atoms with Gasteiger partial charge in [0.15, 0.2) is 28.7 Å². The zero-order chi connectivity index (χ0) is 21.0. The van der Waals surface area contributed by atoms with Crippen LogP contribution in [0, 0.1) is 0 Å². The molecule has 8 heteroatoms. The van der Waals surface area contributed by atoms with E-state index in [9.17, 15) is 4.79 Å². The second-order valence-electron chi connectivity index (χ2n) is 5.83. The Hall–Kier alpha value is -3.68. The van der Waals surface area contributed by atoms with Gasteiger partial charge in [-0.3, -0.25) is 0 Å². The van der Waals surface area contributed by atoms with Crippen molar-refractivity contribution in [2.75, 3.05) is 35.5 Å². The van der Waals surface area contributed by atoms with E-state index in [1.807, 2.05) is 0 Å². The zero-order valence-corrected chi connectivity index (χ0v) is 16.8. The summed E-state index contributed by atoms with van der Waals surface area (Å²) in [6.45, 7) is 0. The van der Waals surface area contributed by atoms with Gasteiger partial charge in [-0.15, -0.1) is 0 Å². The lowest BCUT2D eigenvalue weighted by Crippen LogP contribution is -2.06. The molecule has 0 amide bonds. The van der Waals surface area contributed by atoms with E-state index >= 15 is 0 Å². The van der Waals surface area contributed by atoms with Gasteiger partial charge in [0, 0.05) is 11.1 Å². The van der Waals surface area contributed by atoms with Crippen LogP contribution in [0.2, 0.25) is 0 Å². The molecule has 2 aromatic carbocycles. The van der Waals surface area contributed by atoms with Crippen LogP contribution in [0.5, 0.6) is 28.7 Å². The summed E-state index contributed by atoms with van der Waals surface area (Å²) in [7, 11) is 7.61. The van der Waals surface area contributed by atoms with Crippen LogP contribution in [0.3, 0.4) is 0 Å². The minimum absolute atomic E-state index is 0.125. The number of ether oxygens (including phenoxy) is 6. The Morgan fingerprint density at radius 3 is 2.07 bits per heavy atom. The molecule has 0 saturated heterocycles. The van der Waals surface area contributed by atoms with Crippen LogP contribution in [0.1, 0.15) is 11.1 Å². The highest BCUT2D eigenvalue weighted by Crippen LogP contribution is 2.41. The van der Waals surface area contributed by atoms with Crippen molar-refractivity contribution in [1.82, 2.24) is 0 Å². The van der Waals surface area contributed by atoms with Crippen molar-refractivity contribution >= 4 is 17.9 Å². The molecule has 0 fully saturated rings. The molecule has 0 aromatic heterocycles. The number of methoxy groups -OCH3 is 5. The number of esters is 1. The predicted octanol–water partition coefficient (Wildman–Crippen LogP) is 3.07. The third kappa shape index (κ3) is 3.82. The van der Waals surface area contributed by atoms with Gasteiger partial charge in [-0.25, -0.2) is 9.79 Å². The van der Waals surface area contributed by atoms with Crippen molar-refractivity contribution in [2.45, 2.75) is 0 Å². The number of cyclic esters (lactones) is 1. The number of benzene rings is 2. The third-order valence-corrected chi connectivity index (χ3v) is 4.28. The summed E-state index contributed by atoms with van der Waals surface area (Å²) in [5.41, 5.74) is 1.30.